The van der Waals surface area contributed by atoms with Crippen LogP contribution >= 0.6 is 31.9 Å². The number of carbonyl (C=O) groups is 1. The van der Waals surface area contributed by atoms with E-state index in [4.69, 9.17) is 4.74 Å². The van der Waals surface area contributed by atoms with Crippen molar-refractivity contribution in [2.24, 2.45) is 0 Å². The molecule has 1 atom stereocenters. The van der Waals surface area contributed by atoms with Crippen molar-refractivity contribution in [1.82, 2.24) is 0 Å². The summed E-state index contributed by atoms with van der Waals surface area (Å²) in [5.74, 6) is -0.0703. The summed E-state index contributed by atoms with van der Waals surface area (Å²) >= 11 is 6.99. The summed E-state index contributed by atoms with van der Waals surface area (Å²) in [4.78, 5) is 11.5. The van der Waals surface area contributed by atoms with Crippen molar-refractivity contribution in [1.29, 1.82) is 0 Å². The van der Waals surface area contributed by atoms with Gasteiger partial charge in [0.05, 0.1) is 6.61 Å². The molecule has 0 aromatic carbocycles. The third kappa shape index (κ3) is 9.00. The Labute approximate surface area is 103 Å². The molecule has 4 heteroatoms. The van der Waals surface area contributed by atoms with Crippen LogP contribution in [0.3, 0.4) is 0 Å². The van der Waals surface area contributed by atoms with E-state index in [1.807, 2.05) is 6.92 Å². The molecule has 0 N–H and O–H groups in total. The highest BCUT2D eigenvalue weighted by atomic mass is 79.9. The minimum Gasteiger partial charge on any atom is -0.466 e. The molecule has 0 aliphatic heterocycles. The number of carbonyl (C=O) groups excluding carboxylic acids is 1. The SMILES string of the molecule is CCOC(=O)CCCCC(Br)CCBr. The minimum atomic E-state index is -0.0703. The molecule has 84 valence electrons. The molecule has 0 amide bonds. The fraction of sp³-hybridized carbons (Fsp3) is 0.900. The number of esters is 1. The first kappa shape index (κ1) is 14.4. The molecule has 0 rings (SSSR count). The van der Waals surface area contributed by atoms with Crippen LogP contribution in [0, 0.1) is 0 Å². The van der Waals surface area contributed by atoms with Gasteiger partial charge in [-0.15, -0.1) is 0 Å². The van der Waals surface area contributed by atoms with Crippen molar-refractivity contribution < 1.29 is 9.53 Å². The van der Waals surface area contributed by atoms with Gasteiger partial charge in [0.1, 0.15) is 0 Å². The van der Waals surface area contributed by atoms with Gasteiger partial charge >= 0.3 is 5.97 Å². The van der Waals surface area contributed by atoms with Gasteiger partial charge in [0.2, 0.25) is 0 Å². The molecule has 2 nitrogen and oxygen atoms in total. The maximum absolute atomic E-state index is 11.0. The van der Waals surface area contributed by atoms with Crippen molar-refractivity contribution in [3.8, 4) is 0 Å². The topological polar surface area (TPSA) is 26.3 Å². The highest BCUT2D eigenvalue weighted by molar-refractivity contribution is 9.10. The van der Waals surface area contributed by atoms with Crippen LogP contribution in [0.2, 0.25) is 0 Å². The molecule has 14 heavy (non-hydrogen) atoms. The fourth-order valence-corrected chi connectivity index (χ4v) is 2.85. The van der Waals surface area contributed by atoms with Crippen molar-refractivity contribution >= 4 is 37.8 Å². The summed E-state index contributed by atoms with van der Waals surface area (Å²) < 4.78 is 4.84. The van der Waals surface area contributed by atoms with Gasteiger partial charge in [-0.3, -0.25) is 4.79 Å². The van der Waals surface area contributed by atoms with Crippen molar-refractivity contribution in [3.63, 3.8) is 0 Å². The van der Waals surface area contributed by atoms with Crippen LogP contribution in [0.25, 0.3) is 0 Å². The van der Waals surface area contributed by atoms with Crippen LogP contribution in [0.5, 0.6) is 0 Å². The second-order valence-corrected chi connectivity index (χ2v) is 5.21. The number of unbranched alkanes of at least 4 members (excludes halogenated alkanes) is 1. The average molecular weight is 330 g/mol. The minimum absolute atomic E-state index is 0.0703. The van der Waals surface area contributed by atoms with Gasteiger partial charge in [0, 0.05) is 16.6 Å². The molecule has 0 heterocycles. The predicted octanol–water partition coefficient (Wildman–Crippen LogP) is 3.66. The molecule has 0 bridgehead atoms. The van der Waals surface area contributed by atoms with E-state index in [1.165, 1.54) is 0 Å². The quantitative estimate of drug-likeness (QED) is 0.386. The van der Waals surface area contributed by atoms with Crippen LogP contribution in [0.4, 0.5) is 0 Å². The first-order valence-corrected chi connectivity index (χ1v) is 7.10. The van der Waals surface area contributed by atoms with Gasteiger partial charge in [0.25, 0.3) is 0 Å². The number of alkyl halides is 2. The molecule has 0 spiro atoms. The van der Waals surface area contributed by atoms with Crippen LogP contribution in [-0.4, -0.2) is 22.7 Å². The van der Waals surface area contributed by atoms with E-state index < -0.39 is 0 Å². The summed E-state index contributed by atoms with van der Waals surface area (Å²) in [5, 5.41) is 1.03. The Morgan fingerprint density at radius 3 is 2.64 bits per heavy atom. The van der Waals surface area contributed by atoms with Crippen LogP contribution in [-0.2, 0) is 9.53 Å². The van der Waals surface area contributed by atoms with E-state index in [-0.39, 0.29) is 5.97 Å². The zero-order valence-electron chi connectivity index (χ0n) is 8.60. The Morgan fingerprint density at radius 2 is 2.07 bits per heavy atom. The lowest BCUT2D eigenvalue weighted by Gasteiger charge is -2.06. The molecule has 0 saturated heterocycles. The lowest BCUT2D eigenvalue weighted by molar-refractivity contribution is -0.143. The molecule has 0 radical (unpaired) electrons. The molecule has 0 aromatic rings. The van der Waals surface area contributed by atoms with Crippen molar-refractivity contribution in [2.45, 2.75) is 43.9 Å². The second-order valence-electron chi connectivity index (χ2n) is 3.13. The lowest BCUT2D eigenvalue weighted by Crippen LogP contribution is -2.04. The third-order valence-electron chi connectivity index (χ3n) is 1.88. The molecule has 0 fully saturated rings. The summed E-state index contributed by atoms with van der Waals surface area (Å²) in [5.41, 5.74) is 0. The zero-order chi connectivity index (χ0) is 10.8. The summed E-state index contributed by atoms with van der Waals surface area (Å²) in [6.45, 7) is 2.33. The molecule has 0 saturated carbocycles. The average Bonchev–Trinajstić information content (AvgIpc) is 2.13. The maximum atomic E-state index is 11.0. The van der Waals surface area contributed by atoms with Crippen LogP contribution in [0.15, 0.2) is 0 Å². The largest absolute Gasteiger partial charge is 0.466 e. The van der Waals surface area contributed by atoms with E-state index >= 15 is 0 Å². The summed E-state index contributed by atoms with van der Waals surface area (Å²) in [7, 11) is 0. The van der Waals surface area contributed by atoms with E-state index in [0.717, 1.165) is 31.0 Å². The molecule has 1 unspecified atom stereocenters. The van der Waals surface area contributed by atoms with Gasteiger partial charge in [0.15, 0.2) is 0 Å². The number of hydrogen-bond acceptors (Lipinski definition) is 2. The number of rotatable bonds is 8. The van der Waals surface area contributed by atoms with Gasteiger partial charge in [-0.25, -0.2) is 0 Å². The molecular weight excluding hydrogens is 312 g/mol. The van der Waals surface area contributed by atoms with E-state index in [0.29, 0.717) is 17.9 Å². The Kier molecular flexibility index (Phi) is 10.3. The Hall–Kier alpha value is 0.430. The Balaban J connectivity index is 3.24. The van der Waals surface area contributed by atoms with Gasteiger partial charge in [-0.05, 0) is 26.2 Å². The highest BCUT2D eigenvalue weighted by Gasteiger charge is 2.04. The van der Waals surface area contributed by atoms with Gasteiger partial charge in [-0.1, -0.05) is 38.3 Å². The van der Waals surface area contributed by atoms with Gasteiger partial charge in [-0.2, -0.15) is 0 Å². The summed E-state index contributed by atoms with van der Waals surface area (Å²) in [6, 6.07) is 0. The summed E-state index contributed by atoms with van der Waals surface area (Å²) in [6.07, 6.45) is 4.84. The standard InChI is InChI=1S/C10H18Br2O2/c1-2-14-10(13)6-4-3-5-9(12)7-8-11/h9H,2-8H2,1H3. The smallest absolute Gasteiger partial charge is 0.305 e. The molecule has 0 aliphatic rings. The van der Waals surface area contributed by atoms with Crippen LogP contribution < -0.4 is 0 Å². The zero-order valence-corrected chi connectivity index (χ0v) is 11.8. The highest BCUT2D eigenvalue weighted by Crippen LogP contribution is 2.15. The number of halogens is 2. The van der Waals surface area contributed by atoms with Crippen molar-refractivity contribution in [3.05, 3.63) is 0 Å². The number of hydrogen-bond donors (Lipinski definition) is 0. The van der Waals surface area contributed by atoms with Crippen molar-refractivity contribution in [2.75, 3.05) is 11.9 Å². The monoisotopic (exact) mass is 328 g/mol. The first-order valence-electron chi connectivity index (χ1n) is 5.06. The predicted molar refractivity (Wildman–Crippen MR) is 66.2 cm³/mol. The second kappa shape index (κ2) is 9.97. The van der Waals surface area contributed by atoms with Crippen LogP contribution in [0.1, 0.15) is 39.0 Å². The third-order valence-corrected chi connectivity index (χ3v) is 3.25. The van der Waals surface area contributed by atoms with Gasteiger partial charge < -0.3 is 4.74 Å². The molecule has 0 aliphatic carbocycles. The molecular formula is C10H18Br2O2. The Morgan fingerprint density at radius 1 is 1.36 bits per heavy atom. The van der Waals surface area contributed by atoms with E-state index in [9.17, 15) is 4.79 Å². The fourth-order valence-electron chi connectivity index (χ4n) is 1.13. The lowest BCUT2D eigenvalue weighted by atomic mass is 10.1. The number of ether oxygens (including phenoxy) is 1. The van der Waals surface area contributed by atoms with E-state index in [2.05, 4.69) is 31.9 Å². The van der Waals surface area contributed by atoms with E-state index in [1.54, 1.807) is 0 Å². The maximum Gasteiger partial charge on any atom is 0.305 e. The molecule has 0 aromatic heterocycles. The normalized spacial score (nSPS) is 12.5. The first-order chi connectivity index (χ1) is 6.70. The Bertz CT molecular complexity index is 151.